The SMILES string of the molecule is C.O=C(O)c1cc(Cl)nc(Cl)c1.OCc1cc(Cl)nc(Cl)c1. The summed E-state index contributed by atoms with van der Waals surface area (Å²) in [5.41, 5.74) is 0.708. The van der Waals surface area contributed by atoms with E-state index in [1.807, 2.05) is 0 Å². The van der Waals surface area contributed by atoms with E-state index < -0.39 is 5.97 Å². The summed E-state index contributed by atoms with van der Waals surface area (Å²) in [5, 5.41) is 17.9. The third-order valence-corrected chi connectivity index (χ3v) is 2.79. The van der Waals surface area contributed by atoms with Crippen molar-refractivity contribution in [2.75, 3.05) is 0 Å². The highest BCUT2D eigenvalue weighted by Crippen LogP contribution is 2.14. The van der Waals surface area contributed by atoms with Crippen LogP contribution in [0.1, 0.15) is 23.3 Å². The van der Waals surface area contributed by atoms with Gasteiger partial charge in [-0.3, -0.25) is 0 Å². The number of aromatic carboxylic acids is 1. The molecule has 5 nitrogen and oxygen atoms in total. The van der Waals surface area contributed by atoms with Crippen LogP contribution >= 0.6 is 46.4 Å². The first kappa shape index (κ1) is 20.9. The average molecular weight is 386 g/mol. The van der Waals surface area contributed by atoms with E-state index in [0.717, 1.165) is 0 Å². The Hall–Kier alpha value is -1.11. The van der Waals surface area contributed by atoms with Crippen LogP contribution in [0.15, 0.2) is 24.3 Å². The molecule has 0 saturated heterocycles. The lowest BCUT2D eigenvalue weighted by molar-refractivity contribution is 0.0696. The van der Waals surface area contributed by atoms with Crippen LogP contribution in [0.3, 0.4) is 0 Å². The molecule has 2 aromatic heterocycles. The Labute approximate surface area is 147 Å². The zero-order valence-corrected chi connectivity index (χ0v) is 13.2. The highest BCUT2D eigenvalue weighted by Gasteiger charge is 2.05. The topological polar surface area (TPSA) is 83.3 Å². The summed E-state index contributed by atoms with van der Waals surface area (Å²) in [7, 11) is 0. The summed E-state index contributed by atoms with van der Waals surface area (Å²) < 4.78 is 0. The van der Waals surface area contributed by atoms with Gasteiger partial charge in [-0.2, -0.15) is 0 Å². The molecule has 22 heavy (non-hydrogen) atoms. The second kappa shape index (κ2) is 9.82. The van der Waals surface area contributed by atoms with Crippen LogP contribution in [0, 0.1) is 0 Å². The van der Waals surface area contributed by atoms with Crippen molar-refractivity contribution in [3.8, 4) is 0 Å². The minimum absolute atomic E-state index is 0. The number of carboxylic acids is 1. The molecular weight excluding hydrogens is 374 g/mol. The third kappa shape index (κ3) is 7.24. The third-order valence-electron chi connectivity index (χ3n) is 2.01. The molecule has 0 radical (unpaired) electrons. The Kier molecular flexibility index (Phi) is 9.32. The van der Waals surface area contributed by atoms with Gasteiger partial charge in [-0.15, -0.1) is 0 Å². The first-order valence-electron chi connectivity index (χ1n) is 5.31. The van der Waals surface area contributed by atoms with Gasteiger partial charge >= 0.3 is 5.97 Å². The molecule has 0 aromatic carbocycles. The molecule has 0 aliphatic heterocycles. The van der Waals surface area contributed by atoms with E-state index >= 15 is 0 Å². The molecular formula is C13H12Cl4N2O3. The zero-order valence-electron chi connectivity index (χ0n) is 10.2. The Morgan fingerprint density at radius 3 is 1.59 bits per heavy atom. The first-order chi connectivity index (χ1) is 9.81. The molecule has 2 heterocycles. The summed E-state index contributed by atoms with van der Waals surface area (Å²) in [6.07, 6.45) is 0. The number of hydrogen-bond acceptors (Lipinski definition) is 4. The fourth-order valence-corrected chi connectivity index (χ4v) is 2.16. The maximum Gasteiger partial charge on any atom is 0.335 e. The number of rotatable bonds is 2. The molecule has 0 aliphatic rings. The van der Waals surface area contributed by atoms with E-state index in [-0.39, 0.29) is 29.9 Å². The van der Waals surface area contributed by atoms with Gasteiger partial charge in [-0.05, 0) is 29.8 Å². The molecule has 0 saturated carbocycles. The number of carbonyl (C=O) groups is 1. The number of carboxylic acid groups (broad SMARTS) is 1. The van der Waals surface area contributed by atoms with Crippen molar-refractivity contribution < 1.29 is 15.0 Å². The molecule has 2 N–H and O–H groups in total. The average Bonchev–Trinajstić information content (AvgIpc) is 2.37. The number of nitrogens with zero attached hydrogens (tertiary/aromatic N) is 2. The minimum Gasteiger partial charge on any atom is -0.478 e. The molecule has 0 spiro atoms. The van der Waals surface area contributed by atoms with E-state index in [1.54, 1.807) is 12.1 Å². The Bertz CT molecular complexity index is 613. The molecule has 0 atom stereocenters. The molecule has 120 valence electrons. The van der Waals surface area contributed by atoms with Crippen LogP contribution in [-0.2, 0) is 6.61 Å². The molecule has 0 bridgehead atoms. The smallest absolute Gasteiger partial charge is 0.335 e. The largest absolute Gasteiger partial charge is 0.478 e. The summed E-state index contributed by atoms with van der Waals surface area (Å²) in [4.78, 5) is 17.6. The summed E-state index contributed by atoms with van der Waals surface area (Å²) in [6, 6.07) is 5.59. The highest BCUT2D eigenvalue weighted by molar-refractivity contribution is 6.33. The lowest BCUT2D eigenvalue weighted by Crippen LogP contribution is -1.96. The van der Waals surface area contributed by atoms with Crippen LogP contribution in [0.4, 0.5) is 0 Å². The van der Waals surface area contributed by atoms with Crippen LogP contribution in [0.25, 0.3) is 0 Å². The van der Waals surface area contributed by atoms with E-state index in [4.69, 9.17) is 56.6 Å². The first-order valence-corrected chi connectivity index (χ1v) is 6.82. The van der Waals surface area contributed by atoms with Crippen LogP contribution in [0.5, 0.6) is 0 Å². The van der Waals surface area contributed by atoms with Gasteiger partial charge in [0.15, 0.2) is 0 Å². The Morgan fingerprint density at radius 2 is 1.27 bits per heavy atom. The zero-order chi connectivity index (χ0) is 16.0. The molecule has 0 unspecified atom stereocenters. The number of hydrogen-bond donors (Lipinski definition) is 2. The second-order valence-electron chi connectivity index (χ2n) is 3.59. The van der Waals surface area contributed by atoms with Crippen molar-refractivity contribution in [3.05, 3.63) is 56.0 Å². The number of pyridine rings is 2. The van der Waals surface area contributed by atoms with Crippen molar-refractivity contribution in [1.82, 2.24) is 9.97 Å². The predicted molar refractivity (Wildman–Crippen MR) is 88.1 cm³/mol. The lowest BCUT2D eigenvalue weighted by Gasteiger charge is -1.96. The lowest BCUT2D eigenvalue weighted by atomic mass is 10.3. The van der Waals surface area contributed by atoms with Crippen LogP contribution in [0.2, 0.25) is 20.6 Å². The van der Waals surface area contributed by atoms with Gasteiger partial charge in [-0.25, -0.2) is 14.8 Å². The summed E-state index contributed by atoms with van der Waals surface area (Å²) in [5.74, 6) is -1.07. The fraction of sp³-hybridized carbons (Fsp3) is 0.154. The maximum absolute atomic E-state index is 10.4. The van der Waals surface area contributed by atoms with Gasteiger partial charge in [0.25, 0.3) is 0 Å². The van der Waals surface area contributed by atoms with Crippen molar-refractivity contribution >= 4 is 52.4 Å². The van der Waals surface area contributed by atoms with E-state index in [9.17, 15) is 4.79 Å². The minimum atomic E-state index is -1.07. The molecule has 2 rings (SSSR count). The van der Waals surface area contributed by atoms with E-state index in [1.165, 1.54) is 12.1 Å². The van der Waals surface area contributed by atoms with Crippen LogP contribution in [-0.4, -0.2) is 26.2 Å². The fourth-order valence-electron chi connectivity index (χ4n) is 1.19. The number of halogens is 4. The van der Waals surface area contributed by atoms with Gasteiger partial charge in [0, 0.05) is 0 Å². The molecule has 0 fully saturated rings. The van der Waals surface area contributed by atoms with E-state index in [2.05, 4.69) is 9.97 Å². The molecule has 9 heteroatoms. The summed E-state index contributed by atoms with van der Waals surface area (Å²) >= 11 is 21.9. The Morgan fingerprint density at radius 1 is 0.909 bits per heavy atom. The monoisotopic (exact) mass is 384 g/mol. The van der Waals surface area contributed by atoms with Gasteiger partial charge in [0.05, 0.1) is 12.2 Å². The second-order valence-corrected chi connectivity index (χ2v) is 5.13. The standard InChI is InChI=1S/C6H3Cl2NO2.C6H5Cl2NO.CH4/c7-4-1-3(6(10)11)2-5(8)9-4;7-5-1-4(3-10)2-6(8)9-5;/h1-2H,(H,10,11);1-2,10H,3H2;1H4. The number of aliphatic hydroxyl groups is 1. The van der Waals surface area contributed by atoms with Crippen molar-refractivity contribution in [3.63, 3.8) is 0 Å². The van der Waals surface area contributed by atoms with Gasteiger partial charge in [0.1, 0.15) is 20.6 Å². The Balaban J connectivity index is 0.000000385. The normalized spacial score (nSPS) is 9.32. The highest BCUT2D eigenvalue weighted by atomic mass is 35.5. The van der Waals surface area contributed by atoms with Crippen molar-refractivity contribution in [2.24, 2.45) is 0 Å². The van der Waals surface area contributed by atoms with Gasteiger partial charge in [-0.1, -0.05) is 53.8 Å². The van der Waals surface area contributed by atoms with Crippen LogP contribution < -0.4 is 0 Å². The quantitative estimate of drug-likeness (QED) is 0.737. The van der Waals surface area contributed by atoms with Gasteiger partial charge < -0.3 is 10.2 Å². The predicted octanol–water partition coefficient (Wildman–Crippen LogP) is 4.60. The number of aromatic nitrogens is 2. The molecule has 0 aliphatic carbocycles. The van der Waals surface area contributed by atoms with Crippen molar-refractivity contribution in [1.29, 1.82) is 0 Å². The number of aliphatic hydroxyl groups excluding tert-OH is 1. The van der Waals surface area contributed by atoms with Crippen molar-refractivity contribution in [2.45, 2.75) is 14.0 Å². The maximum atomic E-state index is 10.4. The summed E-state index contributed by atoms with van der Waals surface area (Å²) in [6.45, 7) is -0.0675. The molecule has 0 amide bonds. The van der Waals surface area contributed by atoms with E-state index in [0.29, 0.717) is 15.9 Å². The molecule has 2 aromatic rings. The van der Waals surface area contributed by atoms with Gasteiger partial charge in [0.2, 0.25) is 0 Å².